The fourth-order valence-electron chi connectivity index (χ4n) is 2.82. The summed E-state index contributed by atoms with van der Waals surface area (Å²) >= 11 is 0. The largest absolute Gasteiger partial charge is 0.390 e. The first-order chi connectivity index (χ1) is 5.12. The number of nitrogens with zero attached hydrogens (tertiary/aromatic N) is 1. The molecule has 0 spiro atoms. The zero-order valence-corrected chi connectivity index (χ0v) is 8.81. The molecule has 0 aromatic heterocycles. The monoisotopic (exact) mass is 170 g/mol. The minimum Gasteiger partial charge on any atom is -0.390 e. The van der Waals surface area contributed by atoms with Gasteiger partial charge in [0.2, 0.25) is 0 Å². The highest BCUT2D eigenvalue weighted by Crippen LogP contribution is 2.36. The van der Waals surface area contributed by atoms with Gasteiger partial charge in [0.1, 0.15) is 0 Å². The molecule has 0 aromatic carbocycles. The van der Waals surface area contributed by atoms with E-state index in [0.29, 0.717) is 0 Å². The average Bonchev–Trinajstić information content (AvgIpc) is 1.44. The Labute approximate surface area is 75.4 Å². The van der Waals surface area contributed by atoms with Crippen molar-refractivity contribution in [3.63, 3.8) is 0 Å². The van der Waals surface area contributed by atoms with Crippen LogP contribution in [0.2, 0.25) is 0 Å². The molecule has 2 heteroatoms. The molecule has 0 atom stereocenters. The van der Waals surface area contributed by atoms with E-state index in [9.17, 15) is 5.11 Å². The molecule has 1 aliphatic rings. The standard InChI is InChI=1S/C10H20NO/c1-8(2)6-10(5,12)7-9(3,4)11-8/h12H,6-7H2,1-5H3. The zero-order chi connectivity index (χ0) is 9.62. The van der Waals surface area contributed by atoms with Crippen LogP contribution in [0.5, 0.6) is 0 Å². The maximum absolute atomic E-state index is 9.99. The van der Waals surface area contributed by atoms with Crippen LogP contribution in [0.25, 0.3) is 0 Å². The molecule has 0 aromatic rings. The Bertz CT molecular complexity index is 137. The molecule has 1 N–H and O–H groups in total. The van der Waals surface area contributed by atoms with Gasteiger partial charge in [0.05, 0.1) is 5.60 Å². The molecule has 1 heterocycles. The third-order valence-corrected chi connectivity index (χ3v) is 2.23. The first kappa shape index (κ1) is 10.0. The highest BCUT2D eigenvalue weighted by molar-refractivity contribution is 5.01. The van der Waals surface area contributed by atoms with Crippen molar-refractivity contribution in [3.8, 4) is 0 Å². The van der Waals surface area contributed by atoms with E-state index < -0.39 is 5.60 Å². The van der Waals surface area contributed by atoms with Gasteiger partial charge in [-0.3, -0.25) is 0 Å². The van der Waals surface area contributed by atoms with Gasteiger partial charge in [-0.1, -0.05) is 0 Å². The number of hydrogen-bond donors (Lipinski definition) is 1. The van der Waals surface area contributed by atoms with Crippen LogP contribution in [-0.2, 0) is 0 Å². The molecule has 1 fully saturated rings. The van der Waals surface area contributed by atoms with E-state index in [4.69, 9.17) is 0 Å². The van der Waals surface area contributed by atoms with E-state index in [-0.39, 0.29) is 11.1 Å². The van der Waals surface area contributed by atoms with Crippen LogP contribution in [0, 0.1) is 0 Å². The number of aliphatic hydroxyl groups is 1. The van der Waals surface area contributed by atoms with Crippen molar-refractivity contribution < 1.29 is 5.11 Å². The van der Waals surface area contributed by atoms with Crippen molar-refractivity contribution in [2.75, 3.05) is 0 Å². The van der Waals surface area contributed by atoms with Crippen molar-refractivity contribution in [2.24, 2.45) is 0 Å². The second-order valence-corrected chi connectivity index (χ2v) is 5.59. The van der Waals surface area contributed by atoms with E-state index in [2.05, 4.69) is 33.0 Å². The van der Waals surface area contributed by atoms with Crippen LogP contribution in [0.1, 0.15) is 47.5 Å². The molecule has 0 saturated carbocycles. The van der Waals surface area contributed by atoms with Gasteiger partial charge in [0.25, 0.3) is 0 Å². The molecule has 12 heavy (non-hydrogen) atoms. The minimum atomic E-state index is -0.547. The lowest BCUT2D eigenvalue weighted by Gasteiger charge is -2.47. The van der Waals surface area contributed by atoms with Crippen LogP contribution in [-0.4, -0.2) is 21.8 Å². The Morgan fingerprint density at radius 2 is 1.25 bits per heavy atom. The first-order valence-corrected chi connectivity index (χ1v) is 4.59. The van der Waals surface area contributed by atoms with Crippen LogP contribution in [0.4, 0.5) is 0 Å². The molecule has 71 valence electrons. The fourth-order valence-corrected chi connectivity index (χ4v) is 2.82. The highest BCUT2D eigenvalue weighted by Gasteiger charge is 2.44. The van der Waals surface area contributed by atoms with Gasteiger partial charge in [-0.2, -0.15) is 0 Å². The third-order valence-electron chi connectivity index (χ3n) is 2.23. The second-order valence-electron chi connectivity index (χ2n) is 5.59. The Kier molecular flexibility index (Phi) is 2.05. The summed E-state index contributed by atoms with van der Waals surface area (Å²) in [5, 5.41) is 14.7. The average molecular weight is 170 g/mol. The van der Waals surface area contributed by atoms with E-state index in [0.717, 1.165) is 12.8 Å². The molecule has 2 nitrogen and oxygen atoms in total. The molecule has 0 amide bonds. The SMILES string of the molecule is CC1(O)CC(C)(C)[N]C(C)(C)C1. The molecule has 1 aliphatic heterocycles. The molecular weight excluding hydrogens is 150 g/mol. The minimum absolute atomic E-state index is 0.0781. The van der Waals surface area contributed by atoms with Gasteiger partial charge in [-0.05, 0) is 47.5 Å². The van der Waals surface area contributed by atoms with Gasteiger partial charge < -0.3 is 5.11 Å². The maximum Gasteiger partial charge on any atom is 0.0655 e. The highest BCUT2D eigenvalue weighted by atomic mass is 16.3. The van der Waals surface area contributed by atoms with E-state index >= 15 is 0 Å². The summed E-state index contributed by atoms with van der Waals surface area (Å²) in [6.45, 7) is 10.3. The smallest absolute Gasteiger partial charge is 0.0655 e. The molecule has 0 unspecified atom stereocenters. The van der Waals surface area contributed by atoms with Gasteiger partial charge in [-0.25, -0.2) is 5.32 Å². The van der Waals surface area contributed by atoms with Crippen LogP contribution in [0.15, 0.2) is 0 Å². The lowest BCUT2D eigenvalue weighted by Crippen LogP contribution is -2.58. The Morgan fingerprint density at radius 3 is 1.50 bits per heavy atom. The van der Waals surface area contributed by atoms with Gasteiger partial charge in [-0.15, -0.1) is 0 Å². The summed E-state index contributed by atoms with van der Waals surface area (Å²) in [4.78, 5) is 0. The number of hydrogen-bond acceptors (Lipinski definition) is 1. The Morgan fingerprint density at radius 1 is 0.917 bits per heavy atom. The predicted molar refractivity (Wildman–Crippen MR) is 50.1 cm³/mol. The van der Waals surface area contributed by atoms with Gasteiger partial charge in [0.15, 0.2) is 0 Å². The summed E-state index contributed by atoms with van der Waals surface area (Å²) in [7, 11) is 0. The first-order valence-electron chi connectivity index (χ1n) is 4.59. The van der Waals surface area contributed by atoms with Crippen LogP contribution >= 0.6 is 0 Å². The van der Waals surface area contributed by atoms with Crippen molar-refractivity contribution >= 4 is 0 Å². The summed E-state index contributed by atoms with van der Waals surface area (Å²) in [5.41, 5.74) is -0.703. The Balaban J connectivity index is 2.81. The van der Waals surface area contributed by atoms with Gasteiger partial charge >= 0.3 is 0 Å². The summed E-state index contributed by atoms with van der Waals surface area (Å²) < 4.78 is 0. The lowest BCUT2D eigenvalue weighted by molar-refractivity contribution is -0.0441. The van der Waals surface area contributed by atoms with E-state index in [1.165, 1.54) is 0 Å². The van der Waals surface area contributed by atoms with Gasteiger partial charge in [0, 0.05) is 11.1 Å². The molecule has 1 radical (unpaired) electrons. The topological polar surface area (TPSA) is 34.3 Å². The summed E-state index contributed by atoms with van der Waals surface area (Å²) in [6, 6.07) is 0. The maximum atomic E-state index is 9.99. The molecule has 1 saturated heterocycles. The third kappa shape index (κ3) is 2.46. The van der Waals surface area contributed by atoms with Crippen molar-refractivity contribution in [2.45, 2.75) is 64.1 Å². The fraction of sp³-hybridized carbons (Fsp3) is 1.00. The van der Waals surface area contributed by atoms with Crippen LogP contribution in [0.3, 0.4) is 0 Å². The summed E-state index contributed by atoms with van der Waals surface area (Å²) in [5.74, 6) is 0. The number of rotatable bonds is 0. The quantitative estimate of drug-likeness (QED) is 0.590. The number of piperidine rings is 1. The van der Waals surface area contributed by atoms with E-state index in [1.54, 1.807) is 0 Å². The molecular formula is C10H20NO. The van der Waals surface area contributed by atoms with E-state index in [1.807, 2.05) is 6.92 Å². The lowest BCUT2D eigenvalue weighted by atomic mass is 9.74. The molecule has 1 rings (SSSR count). The van der Waals surface area contributed by atoms with Crippen molar-refractivity contribution in [3.05, 3.63) is 0 Å². The van der Waals surface area contributed by atoms with Crippen molar-refractivity contribution in [1.29, 1.82) is 0 Å². The molecule has 0 bridgehead atoms. The van der Waals surface area contributed by atoms with Crippen LogP contribution < -0.4 is 5.32 Å². The second kappa shape index (κ2) is 2.46. The zero-order valence-electron chi connectivity index (χ0n) is 8.81. The Hall–Kier alpha value is -0.0800. The summed E-state index contributed by atoms with van der Waals surface area (Å²) in [6.07, 6.45) is 1.53. The predicted octanol–water partition coefficient (Wildman–Crippen LogP) is 1.69. The van der Waals surface area contributed by atoms with Crippen molar-refractivity contribution in [1.82, 2.24) is 5.32 Å². The molecule has 0 aliphatic carbocycles. The normalized spacial score (nSPS) is 31.5.